The quantitative estimate of drug-likeness (QED) is 0.813. The molecule has 0 N–H and O–H groups in total. The molecular formula is C18H23N3O2. The first-order chi connectivity index (χ1) is 10.9. The SMILES string of the molecule is CC(=O)c1c(C)c2cnc(C(C)C)nc2n(C2CCCC2)c1=O. The second-order valence-electron chi connectivity index (χ2n) is 6.79. The first kappa shape index (κ1) is 15.8. The van der Waals surface area contributed by atoms with E-state index in [1.807, 2.05) is 20.8 Å². The van der Waals surface area contributed by atoms with Gasteiger partial charge in [-0.3, -0.25) is 14.2 Å². The van der Waals surface area contributed by atoms with Crippen molar-refractivity contribution in [2.75, 3.05) is 0 Å². The van der Waals surface area contributed by atoms with Gasteiger partial charge in [0.05, 0.1) is 5.56 Å². The Hall–Kier alpha value is -2.04. The Kier molecular flexibility index (Phi) is 4.04. The summed E-state index contributed by atoms with van der Waals surface area (Å²) in [7, 11) is 0. The maximum Gasteiger partial charge on any atom is 0.263 e. The number of ketones is 1. The van der Waals surface area contributed by atoms with Crippen LogP contribution in [0.3, 0.4) is 0 Å². The molecule has 1 fully saturated rings. The van der Waals surface area contributed by atoms with E-state index >= 15 is 0 Å². The maximum atomic E-state index is 13.0. The molecule has 2 heterocycles. The lowest BCUT2D eigenvalue weighted by atomic mass is 10.0. The van der Waals surface area contributed by atoms with Gasteiger partial charge in [0.15, 0.2) is 5.78 Å². The molecule has 5 heteroatoms. The van der Waals surface area contributed by atoms with Crippen molar-refractivity contribution >= 4 is 16.8 Å². The molecule has 2 aromatic rings. The van der Waals surface area contributed by atoms with Crippen molar-refractivity contribution in [3.63, 3.8) is 0 Å². The largest absolute Gasteiger partial charge is 0.294 e. The van der Waals surface area contributed by atoms with Crippen molar-refractivity contribution in [2.45, 2.75) is 65.3 Å². The lowest BCUT2D eigenvalue weighted by Gasteiger charge is -2.19. The zero-order chi connectivity index (χ0) is 16.7. The number of carbonyl (C=O) groups excluding carboxylic acids is 1. The highest BCUT2D eigenvalue weighted by Gasteiger charge is 2.25. The van der Waals surface area contributed by atoms with Crippen molar-refractivity contribution in [2.24, 2.45) is 0 Å². The van der Waals surface area contributed by atoms with Gasteiger partial charge in [0.25, 0.3) is 5.56 Å². The second-order valence-corrected chi connectivity index (χ2v) is 6.79. The molecule has 0 spiro atoms. The van der Waals surface area contributed by atoms with E-state index in [9.17, 15) is 9.59 Å². The first-order valence-electron chi connectivity index (χ1n) is 8.34. The van der Waals surface area contributed by atoms with E-state index in [0.29, 0.717) is 11.2 Å². The third-order valence-electron chi connectivity index (χ3n) is 4.79. The number of carbonyl (C=O) groups is 1. The molecule has 5 nitrogen and oxygen atoms in total. The Morgan fingerprint density at radius 3 is 2.52 bits per heavy atom. The number of hydrogen-bond donors (Lipinski definition) is 0. The average Bonchev–Trinajstić information content (AvgIpc) is 3.00. The van der Waals surface area contributed by atoms with E-state index in [4.69, 9.17) is 0 Å². The number of Topliss-reactive ketones (excluding diaryl/α,β-unsaturated/α-hetero) is 1. The van der Waals surface area contributed by atoms with Crippen LogP contribution in [0.4, 0.5) is 0 Å². The van der Waals surface area contributed by atoms with Crippen LogP contribution in [0.5, 0.6) is 0 Å². The van der Waals surface area contributed by atoms with E-state index in [1.54, 1.807) is 10.8 Å². The molecule has 0 aliphatic heterocycles. The summed E-state index contributed by atoms with van der Waals surface area (Å²) in [4.78, 5) is 34.1. The van der Waals surface area contributed by atoms with E-state index in [2.05, 4.69) is 9.97 Å². The zero-order valence-electron chi connectivity index (χ0n) is 14.2. The number of aromatic nitrogens is 3. The summed E-state index contributed by atoms with van der Waals surface area (Å²) < 4.78 is 1.76. The van der Waals surface area contributed by atoms with Crippen LogP contribution in [0.2, 0.25) is 0 Å². The molecule has 0 unspecified atom stereocenters. The molecular weight excluding hydrogens is 290 g/mol. The monoisotopic (exact) mass is 313 g/mol. The predicted molar refractivity (Wildman–Crippen MR) is 90.1 cm³/mol. The Labute approximate surface area is 135 Å². The molecule has 3 rings (SSSR count). The van der Waals surface area contributed by atoms with Gasteiger partial charge in [-0.1, -0.05) is 26.7 Å². The summed E-state index contributed by atoms with van der Waals surface area (Å²) in [5.41, 5.74) is 1.47. The lowest BCUT2D eigenvalue weighted by Crippen LogP contribution is -2.30. The van der Waals surface area contributed by atoms with E-state index in [-0.39, 0.29) is 28.9 Å². The van der Waals surface area contributed by atoms with Gasteiger partial charge in [-0.2, -0.15) is 0 Å². The van der Waals surface area contributed by atoms with Crippen LogP contribution in [0.15, 0.2) is 11.0 Å². The lowest BCUT2D eigenvalue weighted by molar-refractivity contribution is 0.101. The summed E-state index contributed by atoms with van der Waals surface area (Å²) in [6.45, 7) is 7.35. The van der Waals surface area contributed by atoms with Crippen molar-refractivity contribution in [1.82, 2.24) is 14.5 Å². The second kappa shape index (κ2) is 5.87. The van der Waals surface area contributed by atoms with Crippen LogP contribution in [-0.4, -0.2) is 20.3 Å². The van der Waals surface area contributed by atoms with E-state index < -0.39 is 0 Å². The van der Waals surface area contributed by atoms with Gasteiger partial charge < -0.3 is 0 Å². The molecule has 0 aromatic carbocycles. The van der Waals surface area contributed by atoms with Crippen LogP contribution in [0.1, 0.15) is 80.2 Å². The number of fused-ring (bicyclic) bond motifs is 1. The summed E-state index contributed by atoms with van der Waals surface area (Å²) in [5, 5.41) is 0.811. The summed E-state index contributed by atoms with van der Waals surface area (Å²) in [6, 6.07) is 0.138. The Morgan fingerprint density at radius 2 is 1.96 bits per heavy atom. The number of rotatable bonds is 3. The Bertz CT molecular complexity index is 830. The van der Waals surface area contributed by atoms with Crippen molar-refractivity contribution in [3.05, 3.63) is 33.5 Å². The van der Waals surface area contributed by atoms with E-state index in [0.717, 1.165) is 36.9 Å². The molecule has 1 aliphatic rings. The Morgan fingerprint density at radius 1 is 1.30 bits per heavy atom. The molecule has 0 saturated heterocycles. The van der Waals surface area contributed by atoms with Crippen LogP contribution in [0, 0.1) is 6.92 Å². The van der Waals surface area contributed by atoms with Crippen LogP contribution >= 0.6 is 0 Å². The van der Waals surface area contributed by atoms with E-state index in [1.165, 1.54) is 6.92 Å². The normalized spacial score (nSPS) is 15.7. The maximum absolute atomic E-state index is 13.0. The van der Waals surface area contributed by atoms with Gasteiger partial charge in [0.1, 0.15) is 11.5 Å². The zero-order valence-corrected chi connectivity index (χ0v) is 14.2. The number of hydrogen-bond acceptors (Lipinski definition) is 4. The van der Waals surface area contributed by atoms with Gasteiger partial charge in [-0.25, -0.2) is 9.97 Å². The summed E-state index contributed by atoms with van der Waals surface area (Å²) in [5.74, 6) is 0.743. The highest BCUT2D eigenvalue weighted by molar-refractivity contribution is 5.99. The molecule has 0 amide bonds. The van der Waals surface area contributed by atoms with Crippen LogP contribution in [-0.2, 0) is 0 Å². The van der Waals surface area contributed by atoms with Crippen molar-refractivity contribution in [3.8, 4) is 0 Å². The fourth-order valence-corrected chi connectivity index (χ4v) is 3.54. The topological polar surface area (TPSA) is 64.8 Å². The summed E-state index contributed by atoms with van der Waals surface area (Å²) >= 11 is 0. The average molecular weight is 313 g/mol. The highest BCUT2D eigenvalue weighted by atomic mass is 16.1. The highest BCUT2D eigenvalue weighted by Crippen LogP contribution is 2.31. The molecule has 0 radical (unpaired) electrons. The molecule has 1 aliphatic carbocycles. The number of pyridine rings is 1. The number of aryl methyl sites for hydroxylation is 1. The number of nitrogens with zero attached hydrogens (tertiary/aromatic N) is 3. The standard InChI is InChI=1S/C18H23N3O2/c1-10(2)16-19-9-14-11(3)15(12(4)22)18(23)21(17(14)20-16)13-7-5-6-8-13/h9-10,13H,5-8H2,1-4H3. The third-order valence-corrected chi connectivity index (χ3v) is 4.79. The molecule has 2 aromatic heterocycles. The molecule has 0 bridgehead atoms. The van der Waals surface area contributed by atoms with Gasteiger partial charge in [-0.15, -0.1) is 0 Å². The van der Waals surface area contributed by atoms with Gasteiger partial charge in [-0.05, 0) is 32.3 Å². The van der Waals surface area contributed by atoms with Gasteiger partial charge in [0, 0.05) is 23.5 Å². The molecule has 1 saturated carbocycles. The van der Waals surface area contributed by atoms with Crippen LogP contribution < -0.4 is 5.56 Å². The minimum atomic E-state index is -0.192. The Balaban J connectivity index is 2.41. The molecule has 0 atom stereocenters. The molecule has 122 valence electrons. The fraction of sp³-hybridized carbons (Fsp3) is 0.556. The minimum absolute atomic E-state index is 0.138. The third kappa shape index (κ3) is 2.58. The van der Waals surface area contributed by atoms with Crippen LogP contribution in [0.25, 0.3) is 11.0 Å². The van der Waals surface area contributed by atoms with Gasteiger partial charge in [0.2, 0.25) is 0 Å². The predicted octanol–water partition coefficient (Wildman–Crippen LogP) is 3.54. The molecule has 23 heavy (non-hydrogen) atoms. The summed E-state index contributed by atoms with van der Waals surface area (Å²) in [6.07, 6.45) is 5.94. The van der Waals surface area contributed by atoms with Gasteiger partial charge >= 0.3 is 0 Å². The smallest absolute Gasteiger partial charge is 0.263 e. The fourth-order valence-electron chi connectivity index (χ4n) is 3.54. The minimum Gasteiger partial charge on any atom is -0.294 e. The van der Waals surface area contributed by atoms with Crippen molar-refractivity contribution in [1.29, 1.82) is 0 Å². The first-order valence-corrected chi connectivity index (χ1v) is 8.34. The van der Waals surface area contributed by atoms with Crippen molar-refractivity contribution < 1.29 is 4.79 Å².